The van der Waals surface area contributed by atoms with Crippen molar-refractivity contribution in [2.45, 2.75) is 46.0 Å². The van der Waals surface area contributed by atoms with Crippen LogP contribution < -0.4 is 0 Å². The van der Waals surface area contributed by atoms with Gasteiger partial charge < -0.3 is 9.47 Å². The zero-order valence-corrected chi connectivity index (χ0v) is 16.3. The number of esters is 2. The molecule has 26 heavy (non-hydrogen) atoms. The molecule has 2 atom stereocenters. The lowest BCUT2D eigenvalue weighted by molar-refractivity contribution is -0.163. The summed E-state index contributed by atoms with van der Waals surface area (Å²) in [7, 11) is 2.65. The second-order valence-electron chi connectivity index (χ2n) is 7.14. The average Bonchev–Trinajstić information content (AvgIpc) is 3.24. The number of ether oxygens (including phenoxy) is 2. The first-order chi connectivity index (χ1) is 12.4. The molecule has 1 aliphatic carbocycles. The lowest BCUT2D eigenvalue weighted by Crippen LogP contribution is -2.35. The lowest BCUT2D eigenvalue weighted by atomic mass is 9.78. The van der Waals surface area contributed by atoms with Crippen molar-refractivity contribution in [2.24, 2.45) is 16.7 Å². The van der Waals surface area contributed by atoms with Crippen molar-refractivity contribution >= 4 is 17.5 Å². The molecule has 4 heteroatoms. The Labute approximate surface area is 156 Å². The molecule has 4 nitrogen and oxygen atoms in total. The van der Waals surface area contributed by atoms with Crippen molar-refractivity contribution in [3.63, 3.8) is 0 Å². The molecule has 0 N–H and O–H groups in total. The third kappa shape index (κ3) is 2.85. The molecule has 2 rings (SSSR count). The summed E-state index contributed by atoms with van der Waals surface area (Å²) in [6.07, 6.45) is 4.96. The van der Waals surface area contributed by atoms with Crippen LogP contribution in [-0.4, -0.2) is 26.2 Å². The number of methoxy groups -OCH3 is 2. The number of benzene rings is 1. The van der Waals surface area contributed by atoms with Crippen LogP contribution in [0, 0.1) is 16.7 Å². The summed E-state index contributed by atoms with van der Waals surface area (Å²) in [6, 6.07) is 9.77. The van der Waals surface area contributed by atoms with E-state index in [1.54, 1.807) is 0 Å². The monoisotopic (exact) mass is 358 g/mol. The Morgan fingerprint density at radius 2 is 1.62 bits per heavy atom. The SMILES string of the molecule is C=C(c1ccccc1)[C@@]1(CCCCCC)[C@H](C)C1(C(=O)OC)C(=O)OC. The second kappa shape index (κ2) is 8.07. The summed E-state index contributed by atoms with van der Waals surface area (Å²) in [5, 5.41) is 0. The van der Waals surface area contributed by atoms with Crippen molar-refractivity contribution < 1.29 is 19.1 Å². The van der Waals surface area contributed by atoms with Gasteiger partial charge >= 0.3 is 11.9 Å². The van der Waals surface area contributed by atoms with Gasteiger partial charge in [0.2, 0.25) is 0 Å². The van der Waals surface area contributed by atoms with Crippen LogP contribution in [0.2, 0.25) is 0 Å². The van der Waals surface area contributed by atoms with Gasteiger partial charge in [-0.3, -0.25) is 9.59 Å². The van der Waals surface area contributed by atoms with Crippen LogP contribution in [0.3, 0.4) is 0 Å². The van der Waals surface area contributed by atoms with Gasteiger partial charge in [0.05, 0.1) is 14.2 Å². The highest BCUT2D eigenvalue weighted by Gasteiger charge is 2.84. The molecule has 0 unspecified atom stereocenters. The number of rotatable bonds is 9. The van der Waals surface area contributed by atoms with E-state index in [9.17, 15) is 9.59 Å². The molecule has 142 valence electrons. The Hall–Kier alpha value is -2.10. The van der Waals surface area contributed by atoms with Crippen LogP contribution >= 0.6 is 0 Å². The summed E-state index contributed by atoms with van der Waals surface area (Å²) in [4.78, 5) is 25.6. The minimum Gasteiger partial charge on any atom is -0.468 e. The Morgan fingerprint density at radius 3 is 2.12 bits per heavy atom. The predicted molar refractivity (Wildman–Crippen MR) is 102 cm³/mol. The standard InChI is InChI=1S/C22H30O4/c1-6-7-8-12-15-21(16(2)18-13-10-9-11-14-18)17(3)22(21,19(23)25-4)20(24)26-5/h9-11,13-14,17H,2,6-8,12,15H2,1,3-5H3/t17-,21-/m0/s1. The fourth-order valence-corrected chi connectivity index (χ4v) is 4.65. The van der Waals surface area contributed by atoms with Gasteiger partial charge in [0.25, 0.3) is 0 Å². The van der Waals surface area contributed by atoms with Gasteiger partial charge in [-0.1, -0.05) is 76.4 Å². The third-order valence-electron chi connectivity index (χ3n) is 6.11. The molecule has 0 aliphatic heterocycles. The van der Waals surface area contributed by atoms with Gasteiger partial charge in [0.15, 0.2) is 5.41 Å². The summed E-state index contributed by atoms with van der Waals surface area (Å²) < 4.78 is 10.1. The van der Waals surface area contributed by atoms with Gasteiger partial charge in [-0.05, 0) is 23.5 Å². The van der Waals surface area contributed by atoms with Crippen molar-refractivity contribution in [3.05, 3.63) is 42.5 Å². The summed E-state index contributed by atoms with van der Waals surface area (Å²) in [5.74, 6) is -1.27. The molecule has 1 fully saturated rings. The summed E-state index contributed by atoms with van der Waals surface area (Å²) >= 11 is 0. The Kier molecular flexibility index (Phi) is 6.27. The van der Waals surface area contributed by atoms with E-state index in [4.69, 9.17) is 9.47 Å². The highest BCUT2D eigenvalue weighted by Crippen LogP contribution is 2.77. The molecule has 0 aromatic heterocycles. The highest BCUT2D eigenvalue weighted by atomic mass is 16.5. The third-order valence-corrected chi connectivity index (χ3v) is 6.11. The summed E-state index contributed by atoms with van der Waals surface area (Å²) in [5.41, 5.74) is -0.208. The normalized spacial score (nSPS) is 23.2. The van der Waals surface area contributed by atoms with E-state index in [0.29, 0.717) is 6.42 Å². The van der Waals surface area contributed by atoms with E-state index < -0.39 is 22.8 Å². The van der Waals surface area contributed by atoms with Crippen molar-refractivity contribution in [2.75, 3.05) is 14.2 Å². The number of unbranched alkanes of at least 4 members (excludes halogenated alkanes) is 3. The largest absolute Gasteiger partial charge is 0.468 e. The van der Waals surface area contributed by atoms with Gasteiger partial charge in [-0.25, -0.2) is 0 Å². The van der Waals surface area contributed by atoms with Gasteiger partial charge in [-0.2, -0.15) is 0 Å². The molecule has 1 saturated carbocycles. The highest BCUT2D eigenvalue weighted by molar-refractivity contribution is 6.09. The van der Waals surface area contributed by atoms with Crippen LogP contribution in [-0.2, 0) is 19.1 Å². The smallest absolute Gasteiger partial charge is 0.324 e. The Morgan fingerprint density at radius 1 is 1.04 bits per heavy atom. The van der Waals surface area contributed by atoms with Crippen molar-refractivity contribution in [1.29, 1.82) is 0 Å². The molecular formula is C22H30O4. The zero-order chi connectivity index (χ0) is 19.4. The average molecular weight is 358 g/mol. The molecule has 0 radical (unpaired) electrons. The molecule has 1 aromatic carbocycles. The lowest BCUT2D eigenvalue weighted by Gasteiger charge is -2.25. The predicted octanol–water partition coefficient (Wildman–Crippen LogP) is 4.64. The first kappa shape index (κ1) is 20.2. The molecule has 0 spiro atoms. The van der Waals surface area contributed by atoms with E-state index in [2.05, 4.69) is 13.5 Å². The van der Waals surface area contributed by atoms with Gasteiger partial charge in [0, 0.05) is 5.41 Å². The number of carbonyl (C=O) groups excluding carboxylic acids is 2. The number of hydrogen-bond acceptors (Lipinski definition) is 4. The fourth-order valence-electron chi connectivity index (χ4n) is 4.65. The summed E-state index contributed by atoms with van der Waals surface area (Å²) in [6.45, 7) is 8.41. The van der Waals surface area contributed by atoms with Crippen LogP contribution in [0.15, 0.2) is 36.9 Å². The molecule has 1 aliphatic rings. The van der Waals surface area contributed by atoms with Crippen LogP contribution in [0.25, 0.3) is 5.57 Å². The maximum absolute atomic E-state index is 12.8. The van der Waals surface area contributed by atoms with Crippen molar-refractivity contribution in [3.8, 4) is 0 Å². The van der Waals surface area contributed by atoms with Crippen LogP contribution in [0.4, 0.5) is 0 Å². The van der Waals surface area contributed by atoms with Gasteiger partial charge in [-0.15, -0.1) is 0 Å². The molecular weight excluding hydrogens is 328 g/mol. The Balaban J connectivity index is 2.49. The van der Waals surface area contributed by atoms with Crippen LogP contribution in [0.1, 0.15) is 51.5 Å². The number of allylic oxidation sites excluding steroid dienone is 1. The van der Waals surface area contributed by atoms with E-state index in [-0.39, 0.29) is 5.92 Å². The molecule has 0 amide bonds. The molecule has 0 bridgehead atoms. The first-order valence-corrected chi connectivity index (χ1v) is 9.36. The van der Waals surface area contributed by atoms with Gasteiger partial charge in [0.1, 0.15) is 0 Å². The van der Waals surface area contributed by atoms with E-state index in [1.807, 2.05) is 37.3 Å². The molecule has 0 heterocycles. The number of carbonyl (C=O) groups is 2. The number of hydrogen-bond donors (Lipinski definition) is 0. The van der Waals surface area contributed by atoms with E-state index >= 15 is 0 Å². The second-order valence-corrected chi connectivity index (χ2v) is 7.14. The Bertz CT molecular complexity index is 648. The molecule has 0 saturated heterocycles. The first-order valence-electron chi connectivity index (χ1n) is 9.36. The zero-order valence-electron chi connectivity index (χ0n) is 16.3. The molecule has 1 aromatic rings. The topological polar surface area (TPSA) is 52.6 Å². The van der Waals surface area contributed by atoms with E-state index in [0.717, 1.165) is 36.8 Å². The maximum Gasteiger partial charge on any atom is 0.324 e. The minimum absolute atomic E-state index is 0.218. The van der Waals surface area contributed by atoms with E-state index in [1.165, 1.54) is 14.2 Å². The fraction of sp³-hybridized carbons (Fsp3) is 0.545. The maximum atomic E-state index is 12.8. The van der Waals surface area contributed by atoms with Crippen molar-refractivity contribution in [1.82, 2.24) is 0 Å². The van der Waals surface area contributed by atoms with Crippen LogP contribution in [0.5, 0.6) is 0 Å². The minimum atomic E-state index is -1.31. The quantitative estimate of drug-likeness (QED) is 0.367.